The van der Waals surface area contributed by atoms with Crippen LogP contribution >= 0.6 is 0 Å². The molecule has 0 aliphatic rings. The monoisotopic (exact) mass is 242 g/mol. The van der Waals surface area contributed by atoms with Crippen molar-refractivity contribution in [3.05, 3.63) is 47.0 Å². The Kier molecular flexibility index (Phi) is 2.33. The minimum atomic E-state index is -0.207. The molecule has 6 nitrogen and oxygen atoms in total. The van der Waals surface area contributed by atoms with Gasteiger partial charge in [-0.15, -0.1) is 0 Å². The largest absolute Gasteiger partial charge is 0.497 e. The third-order valence-electron chi connectivity index (χ3n) is 2.66. The summed E-state index contributed by atoms with van der Waals surface area (Å²) in [6.45, 7) is 0. The van der Waals surface area contributed by atoms with Crippen molar-refractivity contribution in [1.29, 1.82) is 0 Å². The number of rotatable bonds is 2. The second-order valence-corrected chi connectivity index (χ2v) is 3.74. The van der Waals surface area contributed by atoms with Gasteiger partial charge in [-0.05, 0) is 24.3 Å². The van der Waals surface area contributed by atoms with Gasteiger partial charge in [-0.2, -0.15) is 14.6 Å². The van der Waals surface area contributed by atoms with Crippen LogP contribution in [0.1, 0.15) is 0 Å². The van der Waals surface area contributed by atoms with Crippen molar-refractivity contribution in [3.8, 4) is 17.0 Å². The van der Waals surface area contributed by atoms with Crippen molar-refractivity contribution in [2.75, 3.05) is 7.11 Å². The number of aromatic amines is 1. The zero-order valence-corrected chi connectivity index (χ0v) is 9.62. The molecule has 18 heavy (non-hydrogen) atoms. The number of H-pyrrole nitrogens is 1. The van der Waals surface area contributed by atoms with E-state index in [1.54, 1.807) is 11.6 Å². The van der Waals surface area contributed by atoms with Gasteiger partial charge in [0, 0.05) is 11.6 Å². The fourth-order valence-corrected chi connectivity index (χ4v) is 1.80. The number of hydrogen-bond acceptors (Lipinski definition) is 4. The number of ether oxygens (including phenoxy) is 1. The maximum Gasteiger partial charge on any atom is 0.252 e. The van der Waals surface area contributed by atoms with Crippen LogP contribution in [-0.4, -0.2) is 26.7 Å². The zero-order valence-electron chi connectivity index (χ0n) is 9.62. The number of benzene rings is 1. The Morgan fingerprint density at radius 3 is 2.78 bits per heavy atom. The summed E-state index contributed by atoms with van der Waals surface area (Å²) in [5.41, 5.74) is 1.35. The molecule has 2 heterocycles. The Labute approximate surface area is 102 Å². The first-order chi connectivity index (χ1) is 8.78. The van der Waals surface area contributed by atoms with Gasteiger partial charge < -0.3 is 4.74 Å². The quantitative estimate of drug-likeness (QED) is 0.730. The number of nitrogens with one attached hydrogen (secondary N) is 1. The van der Waals surface area contributed by atoms with E-state index in [0.29, 0.717) is 11.5 Å². The predicted molar refractivity (Wildman–Crippen MR) is 65.6 cm³/mol. The molecule has 0 saturated carbocycles. The van der Waals surface area contributed by atoms with E-state index in [0.717, 1.165) is 11.3 Å². The molecule has 0 aliphatic carbocycles. The minimum absolute atomic E-state index is 0.207. The molecule has 90 valence electrons. The summed E-state index contributed by atoms with van der Waals surface area (Å²) in [6, 6.07) is 8.89. The van der Waals surface area contributed by atoms with Crippen molar-refractivity contribution in [3.63, 3.8) is 0 Å². The third kappa shape index (κ3) is 1.64. The molecule has 0 fully saturated rings. The fourth-order valence-electron chi connectivity index (χ4n) is 1.80. The van der Waals surface area contributed by atoms with Crippen LogP contribution in [0.5, 0.6) is 5.75 Å². The highest BCUT2D eigenvalue weighted by Gasteiger charge is 2.07. The van der Waals surface area contributed by atoms with E-state index in [4.69, 9.17) is 4.74 Å². The first-order valence-electron chi connectivity index (χ1n) is 5.35. The molecule has 0 unspecified atom stereocenters. The van der Waals surface area contributed by atoms with Gasteiger partial charge >= 0.3 is 0 Å². The Bertz CT molecular complexity index is 743. The van der Waals surface area contributed by atoms with Gasteiger partial charge in [-0.1, -0.05) is 0 Å². The van der Waals surface area contributed by atoms with Gasteiger partial charge in [0.05, 0.1) is 12.8 Å². The van der Waals surface area contributed by atoms with Crippen LogP contribution in [0.3, 0.4) is 0 Å². The SMILES string of the molecule is COc1ccc(-c2cc(=O)[nH]c3ncnn23)cc1. The smallest absolute Gasteiger partial charge is 0.252 e. The summed E-state index contributed by atoms with van der Waals surface area (Å²) in [7, 11) is 1.61. The number of hydrogen-bond donors (Lipinski definition) is 1. The highest BCUT2D eigenvalue weighted by Crippen LogP contribution is 2.20. The molecule has 0 aliphatic heterocycles. The van der Waals surface area contributed by atoms with E-state index >= 15 is 0 Å². The molecule has 0 bridgehead atoms. The van der Waals surface area contributed by atoms with Crippen LogP contribution in [0.2, 0.25) is 0 Å². The number of fused-ring (bicyclic) bond motifs is 1. The summed E-state index contributed by atoms with van der Waals surface area (Å²) < 4.78 is 6.69. The predicted octanol–water partition coefficient (Wildman–Crippen LogP) is 1.09. The van der Waals surface area contributed by atoms with Crippen LogP contribution in [0.15, 0.2) is 41.5 Å². The zero-order chi connectivity index (χ0) is 12.5. The molecule has 1 aromatic carbocycles. The summed E-state index contributed by atoms with van der Waals surface area (Å²) >= 11 is 0. The second kappa shape index (κ2) is 3.99. The molecule has 0 atom stereocenters. The lowest BCUT2D eigenvalue weighted by atomic mass is 10.1. The average molecular weight is 242 g/mol. The normalized spacial score (nSPS) is 10.7. The molecular formula is C12H10N4O2. The van der Waals surface area contributed by atoms with Gasteiger partial charge in [0.1, 0.15) is 12.1 Å². The number of aromatic nitrogens is 4. The Balaban J connectivity index is 2.23. The molecule has 1 N–H and O–H groups in total. The van der Waals surface area contributed by atoms with Crippen molar-refractivity contribution >= 4 is 5.78 Å². The number of methoxy groups -OCH3 is 1. The van der Waals surface area contributed by atoms with Crippen molar-refractivity contribution < 1.29 is 4.74 Å². The maximum atomic E-state index is 11.5. The first kappa shape index (κ1) is 10.5. The molecule has 3 aromatic rings. The van der Waals surface area contributed by atoms with Gasteiger partial charge in [-0.3, -0.25) is 9.78 Å². The summed E-state index contributed by atoms with van der Waals surface area (Å²) in [5.74, 6) is 1.19. The second-order valence-electron chi connectivity index (χ2n) is 3.74. The molecule has 3 rings (SSSR count). The lowest BCUT2D eigenvalue weighted by molar-refractivity contribution is 0.415. The van der Waals surface area contributed by atoms with E-state index in [1.807, 2.05) is 24.3 Å². The van der Waals surface area contributed by atoms with Gasteiger partial charge in [0.15, 0.2) is 0 Å². The molecule has 0 radical (unpaired) electrons. The Morgan fingerprint density at radius 2 is 2.06 bits per heavy atom. The van der Waals surface area contributed by atoms with Gasteiger partial charge in [0.25, 0.3) is 5.56 Å². The van der Waals surface area contributed by atoms with Gasteiger partial charge in [0.2, 0.25) is 5.78 Å². The fraction of sp³-hybridized carbons (Fsp3) is 0.0833. The summed E-state index contributed by atoms with van der Waals surface area (Å²) in [6.07, 6.45) is 1.40. The van der Waals surface area contributed by atoms with Crippen molar-refractivity contribution in [1.82, 2.24) is 19.6 Å². The minimum Gasteiger partial charge on any atom is -0.497 e. The summed E-state index contributed by atoms with van der Waals surface area (Å²) in [5, 5.41) is 4.08. The van der Waals surface area contributed by atoms with E-state index in [2.05, 4.69) is 15.1 Å². The summed E-state index contributed by atoms with van der Waals surface area (Å²) in [4.78, 5) is 18.1. The topological polar surface area (TPSA) is 72.3 Å². The highest BCUT2D eigenvalue weighted by molar-refractivity contribution is 5.62. The molecule has 6 heteroatoms. The standard InChI is InChI=1S/C12H10N4O2/c1-18-9-4-2-8(3-5-9)10-6-11(17)15-12-13-7-14-16(10)12/h2-7H,1H3,(H,13,14,15,17). The lowest BCUT2D eigenvalue weighted by Gasteiger charge is -2.05. The number of nitrogens with zero attached hydrogens (tertiary/aromatic N) is 3. The average Bonchev–Trinajstić information content (AvgIpc) is 2.86. The van der Waals surface area contributed by atoms with Crippen LogP contribution in [0.4, 0.5) is 0 Å². The van der Waals surface area contributed by atoms with E-state index < -0.39 is 0 Å². The highest BCUT2D eigenvalue weighted by atomic mass is 16.5. The Hall–Kier alpha value is -2.63. The molecular weight excluding hydrogens is 232 g/mol. The van der Waals surface area contributed by atoms with Crippen LogP contribution in [-0.2, 0) is 0 Å². The van der Waals surface area contributed by atoms with E-state index in [-0.39, 0.29) is 5.56 Å². The van der Waals surface area contributed by atoms with Crippen molar-refractivity contribution in [2.24, 2.45) is 0 Å². The first-order valence-corrected chi connectivity index (χ1v) is 5.35. The van der Waals surface area contributed by atoms with Gasteiger partial charge in [-0.25, -0.2) is 0 Å². The van der Waals surface area contributed by atoms with Crippen LogP contribution in [0, 0.1) is 0 Å². The van der Waals surface area contributed by atoms with E-state index in [9.17, 15) is 4.79 Å². The van der Waals surface area contributed by atoms with Crippen LogP contribution in [0.25, 0.3) is 17.0 Å². The van der Waals surface area contributed by atoms with Crippen molar-refractivity contribution in [2.45, 2.75) is 0 Å². The molecule has 0 saturated heterocycles. The van der Waals surface area contributed by atoms with E-state index in [1.165, 1.54) is 12.4 Å². The lowest BCUT2D eigenvalue weighted by Crippen LogP contribution is -2.09. The van der Waals surface area contributed by atoms with Crippen LogP contribution < -0.4 is 10.3 Å². The molecule has 2 aromatic heterocycles. The third-order valence-corrected chi connectivity index (χ3v) is 2.66. The molecule has 0 amide bonds. The maximum absolute atomic E-state index is 11.5. The Morgan fingerprint density at radius 1 is 1.28 bits per heavy atom. The molecule has 0 spiro atoms.